The Bertz CT molecular complexity index is 184. The van der Waals surface area contributed by atoms with Crippen molar-refractivity contribution in [1.29, 1.82) is 0 Å². The van der Waals surface area contributed by atoms with Gasteiger partial charge in [-0.2, -0.15) is 0 Å². The number of unbranched alkanes of at least 4 members (excludes halogenated alkanes) is 10. The van der Waals surface area contributed by atoms with Crippen LogP contribution in [0.5, 0.6) is 0 Å². The van der Waals surface area contributed by atoms with Gasteiger partial charge < -0.3 is 0 Å². The van der Waals surface area contributed by atoms with Crippen molar-refractivity contribution in [2.24, 2.45) is 0 Å². The van der Waals surface area contributed by atoms with Crippen LogP contribution in [0.4, 0.5) is 0 Å². The maximum absolute atomic E-state index is 7.44. The zero-order valence-electron chi connectivity index (χ0n) is 13.4. The first-order chi connectivity index (χ1) is 9.27. The van der Waals surface area contributed by atoms with E-state index >= 15 is 0 Å². The van der Waals surface area contributed by atoms with Crippen LogP contribution in [0.2, 0.25) is 0 Å². The molecule has 0 amide bonds. The first kappa shape index (κ1) is 18.7. The molecule has 0 aromatic heterocycles. The molecule has 1 unspecified atom stereocenters. The van der Waals surface area contributed by atoms with Crippen LogP contribution in [-0.4, -0.2) is 6.04 Å². The minimum absolute atomic E-state index is 0.144. The highest BCUT2D eigenvalue weighted by molar-refractivity contribution is 4.81. The number of hydrogen-bond donors (Lipinski definition) is 0. The number of hydrogen-bond acceptors (Lipinski definition) is 0. The van der Waals surface area contributed by atoms with Crippen LogP contribution in [-0.2, 0) is 0 Å². The monoisotopic (exact) mass is 266 g/mol. The molecule has 19 heavy (non-hydrogen) atoms. The fourth-order valence-corrected chi connectivity index (χ4v) is 2.33. The summed E-state index contributed by atoms with van der Waals surface area (Å²) < 4.78 is 0. The van der Waals surface area contributed by atoms with Gasteiger partial charge in [0, 0.05) is 6.04 Å². The van der Waals surface area contributed by atoms with Gasteiger partial charge in [-0.1, -0.05) is 76.9 Å². The molecule has 113 valence electrons. The lowest BCUT2D eigenvalue weighted by Gasteiger charge is -2.03. The van der Waals surface area contributed by atoms with Crippen molar-refractivity contribution in [3.8, 4) is 0 Å². The third kappa shape index (κ3) is 17.7. The summed E-state index contributed by atoms with van der Waals surface area (Å²) in [5.41, 5.74) is 7.44. The average molecular weight is 266 g/mol. The fraction of sp³-hybridized carbons (Fsp3) is 0.889. The minimum atomic E-state index is 0.144. The second-order valence-electron chi connectivity index (χ2n) is 5.92. The Kier molecular flexibility index (Phi) is 15.5. The van der Waals surface area contributed by atoms with Crippen LogP contribution in [0.25, 0.3) is 0 Å². The van der Waals surface area contributed by atoms with E-state index in [1.165, 1.54) is 77.0 Å². The predicted octanol–water partition coefficient (Wildman–Crippen LogP) is 6.31. The third-order valence-corrected chi connectivity index (χ3v) is 3.65. The van der Waals surface area contributed by atoms with Crippen LogP contribution in [0, 0.1) is 0 Å². The normalized spacial score (nSPS) is 13.2. The average Bonchev–Trinajstić information content (AvgIpc) is 2.39. The first-order valence-corrected chi connectivity index (χ1v) is 8.63. The highest BCUT2D eigenvalue weighted by Gasteiger charge is 1.95. The van der Waals surface area contributed by atoms with Gasteiger partial charge in [0.2, 0.25) is 0 Å². The quantitative estimate of drug-likeness (QED) is 0.260. The Morgan fingerprint density at radius 1 is 0.737 bits per heavy atom. The van der Waals surface area contributed by atoms with E-state index in [0.717, 1.165) is 6.42 Å². The predicted molar refractivity (Wildman–Crippen MR) is 87.4 cm³/mol. The van der Waals surface area contributed by atoms with Gasteiger partial charge in [-0.25, -0.2) is 0 Å². The lowest BCUT2D eigenvalue weighted by Crippen LogP contribution is -2.01. The lowest BCUT2D eigenvalue weighted by molar-refractivity contribution is 0.534. The summed E-state index contributed by atoms with van der Waals surface area (Å²) in [6.07, 6.45) is 22.0. The molecular formula is C18H36N. The smallest absolute Gasteiger partial charge is 0.0184 e. The highest BCUT2D eigenvalue weighted by atomic mass is 14.6. The van der Waals surface area contributed by atoms with Gasteiger partial charge in [0.1, 0.15) is 0 Å². The highest BCUT2D eigenvalue weighted by Crippen LogP contribution is 2.11. The van der Waals surface area contributed by atoms with E-state index in [1.807, 2.05) is 6.92 Å². The number of allylic oxidation sites excluding steroid dienone is 2. The van der Waals surface area contributed by atoms with Gasteiger partial charge in [-0.3, -0.25) is 5.73 Å². The van der Waals surface area contributed by atoms with Crippen LogP contribution in [0.15, 0.2) is 12.2 Å². The molecule has 0 aliphatic rings. The molecule has 0 aromatic rings. The van der Waals surface area contributed by atoms with Crippen molar-refractivity contribution < 1.29 is 0 Å². The fourth-order valence-electron chi connectivity index (χ4n) is 2.33. The molecule has 1 atom stereocenters. The molecule has 0 spiro atoms. The standard InChI is InChI=1S/C18H36N/c1-3-4-5-6-7-8-9-10-11-12-13-14-15-16-17-18(2)19/h6-7,18-19H,3-5,8-17H2,1-2H3/b7-6+. The molecule has 0 saturated carbocycles. The maximum atomic E-state index is 7.44. The van der Waals surface area contributed by atoms with Crippen molar-refractivity contribution in [3.63, 3.8) is 0 Å². The lowest BCUT2D eigenvalue weighted by atomic mass is 10.0. The molecule has 1 nitrogen and oxygen atoms in total. The summed E-state index contributed by atoms with van der Waals surface area (Å²) >= 11 is 0. The van der Waals surface area contributed by atoms with Crippen molar-refractivity contribution in [2.75, 3.05) is 0 Å². The molecule has 0 saturated heterocycles. The molecule has 0 aliphatic carbocycles. The second kappa shape index (κ2) is 15.8. The zero-order valence-corrected chi connectivity index (χ0v) is 13.4. The summed E-state index contributed by atoms with van der Waals surface area (Å²) in [5, 5.41) is 0. The maximum Gasteiger partial charge on any atom is 0.0184 e. The molecule has 1 radical (unpaired) electrons. The zero-order chi connectivity index (χ0) is 14.2. The van der Waals surface area contributed by atoms with Gasteiger partial charge in [-0.05, 0) is 32.6 Å². The molecule has 1 heteroatoms. The van der Waals surface area contributed by atoms with Crippen molar-refractivity contribution >= 4 is 0 Å². The second-order valence-corrected chi connectivity index (χ2v) is 5.92. The van der Waals surface area contributed by atoms with Gasteiger partial charge >= 0.3 is 0 Å². The summed E-state index contributed by atoms with van der Waals surface area (Å²) in [5.74, 6) is 0. The molecule has 0 bridgehead atoms. The van der Waals surface area contributed by atoms with Crippen LogP contribution < -0.4 is 5.73 Å². The summed E-state index contributed by atoms with van der Waals surface area (Å²) in [6.45, 7) is 4.25. The summed E-state index contributed by atoms with van der Waals surface area (Å²) in [6, 6.07) is 0.144. The molecular weight excluding hydrogens is 230 g/mol. The van der Waals surface area contributed by atoms with Crippen LogP contribution in [0.1, 0.15) is 97.3 Å². The molecule has 1 N–H and O–H groups in total. The van der Waals surface area contributed by atoms with Gasteiger partial charge in [0.15, 0.2) is 0 Å². The third-order valence-electron chi connectivity index (χ3n) is 3.65. The van der Waals surface area contributed by atoms with Crippen LogP contribution in [0.3, 0.4) is 0 Å². The summed E-state index contributed by atoms with van der Waals surface area (Å²) in [7, 11) is 0. The SMILES string of the molecule is CCCC/C=C/CCCCCCCCCCC(C)[NH]. The van der Waals surface area contributed by atoms with Gasteiger partial charge in [0.05, 0.1) is 0 Å². The number of rotatable bonds is 14. The molecule has 0 heterocycles. The van der Waals surface area contributed by atoms with Gasteiger partial charge in [-0.15, -0.1) is 0 Å². The van der Waals surface area contributed by atoms with Crippen molar-refractivity contribution in [3.05, 3.63) is 12.2 Å². The van der Waals surface area contributed by atoms with E-state index in [0.29, 0.717) is 0 Å². The Morgan fingerprint density at radius 2 is 1.21 bits per heavy atom. The van der Waals surface area contributed by atoms with E-state index in [2.05, 4.69) is 19.1 Å². The van der Waals surface area contributed by atoms with E-state index in [4.69, 9.17) is 5.73 Å². The van der Waals surface area contributed by atoms with Crippen LogP contribution >= 0.6 is 0 Å². The Balaban J connectivity index is 3.01. The molecule has 0 rings (SSSR count). The van der Waals surface area contributed by atoms with E-state index in [9.17, 15) is 0 Å². The van der Waals surface area contributed by atoms with Gasteiger partial charge in [0.25, 0.3) is 0 Å². The van der Waals surface area contributed by atoms with E-state index in [-0.39, 0.29) is 6.04 Å². The Hall–Kier alpha value is -0.300. The van der Waals surface area contributed by atoms with E-state index < -0.39 is 0 Å². The Morgan fingerprint density at radius 3 is 1.74 bits per heavy atom. The largest absolute Gasteiger partial charge is 0.255 e. The number of nitrogens with one attached hydrogen (secondary N) is 1. The molecule has 0 fully saturated rings. The minimum Gasteiger partial charge on any atom is -0.255 e. The van der Waals surface area contributed by atoms with E-state index in [1.54, 1.807) is 0 Å². The summed E-state index contributed by atoms with van der Waals surface area (Å²) in [4.78, 5) is 0. The van der Waals surface area contributed by atoms with Crippen molar-refractivity contribution in [2.45, 2.75) is 103 Å². The molecule has 0 aliphatic heterocycles. The Labute approximate surface area is 122 Å². The topological polar surface area (TPSA) is 23.8 Å². The van der Waals surface area contributed by atoms with Crippen molar-refractivity contribution in [1.82, 2.24) is 5.73 Å². The molecule has 0 aromatic carbocycles. The first-order valence-electron chi connectivity index (χ1n) is 8.63.